The highest BCUT2D eigenvalue weighted by molar-refractivity contribution is 5.83. The molecule has 0 aliphatic heterocycles. The van der Waals surface area contributed by atoms with E-state index in [9.17, 15) is 4.79 Å². The highest BCUT2D eigenvalue weighted by Crippen LogP contribution is 2.17. The van der Waals surface area contributed by atoms with Crippen molar-refractivity contribution in [1.82, 2.24) is 25.1 Å². The largest absolute Gasteiger partial charge is 0.353 e. The van der Waals surface area contributed by atoms with Crippen molar-refractivity contribution in [3.8, 4) is 0 Å². The highest BCUT2D eigenvalue weighted by atomic mass is 16.2. The number of hydrogen-bond donors (Lipinski definition) is 3. The predicted molar refractivity (Wildman–Crippen MR) is 79.7 cm³/mol. The zero-order valence-corrected chi connectivity index (χ0v) is 12.9. The van der Waals surface area contributed by atoms with E-state index >= 15 is 0 Å². The summed E-state index contributed by atoms with van der Waals surface area (Å²) in [6.45, 7) is 8.86. The molecule has 0 fully saturated rings. The molecule has 0 bridgehead atoms. The van der Waals surface area contributed by atoms with Gasteiger partial charge in [-0.2, -0.15) is 5.10 Å². The van der Waals surface area contributed by atoms with E-state index < -0.39 is 6.04 Å². The van der Waals surface area contributed by atoms with Gasteiger partial charge in [-0.05, 0) is 27.7 Å². The molecule has 0 aromatic carbocycles. The van der Waals surface area contributed by atoms with Gasteiger partial charge in [-0.15, -0.1) is 0 Å². The molecule has 114 valence electrons. The monoisotopic (exact) mass is 290 g/mol. The van der Waals surface area contributed by atoms with Crippen LogP contribution in [0.3, 0.4) is 0 Å². The average Bonchev–Trinajstić information content (AvgIpc) is 2.94. The number of amides is 1. The summed E-state index contributed by atoms with van der Waals surface area (Å²) in [7, 11) is 0. The van der Waals surface area contributed by atoms with Gasteiger partial charge in [0.05, 0.1) is 17.7 Å². The zero-order chi connectivity index (χ0) is 15.6. The van der Waals surface area contributed by atoms with Gasteiger partial charge in [0, 0.05) is 30.0 Å². The number of hydrogen-bond acceptors (Lipinski definition) is 4. The van der Waals surface area contributed by atoms with Crippen LogP contribution in [-0.2, 0) is 11.3 Å². The van der Waals surface area contributed by atoms with Gasteiger partial charge >= 0.3 is 0 Å². The standard InChI is InChI=1S/C14H22N6O/c1-8-11(4)20(7-17-8)6-5-16-14(21)13(15)12-9(2)18-19-10(12)3/h7,13H,5-6,15H2,1-4H3,(H,16,21)(H,18,19)/t13-/m1/s1. The minimum absolute atomic E-state index is 0.197. The Kier molecular flexibility index (Phi) is 4.42. The summed E-state index contributed by atoms with van der Waals surface area (Å²) >= 11 is 0. The summed E-state index contributed by atoms with van der Waals surface area (Å²) in [5.74, 6) is -0.197. The molecule has 0 radical (unpaired) electrons. The molecule has 2 rings (SSSR count). The highest BCUT2D eigenvalue weighted by Gasteiger charge is 2.21. The number of H-pyrrole nitrogens is 1. The fourth-order valence-corrected chi connectivity index (χ4v) is 2.33. The van der Waals surface area contributed by atoms with Crippen LogP contribution in [0, 0.1) is 27.7 Å². The number of aryl methyl sites for hydroxylation is 3. The van der Waals surface area contributed by atoms with Crippen molar-refractivity contribution in [2.45, 2.75) is 40.3 Å². The van der Waals surface area contributed by atoms with E-state index in [1.165, 1.54) is 0 Å². The molecule has 0 unspecified atom stereocenters. The van der Waals surface area contributed by atoms with Crippen molar-refractivity contribution in [3.05, 3.63) is 34.7 Å². The minimum atomic E-state index is -0.700. The van der Waals surface area contributed by atoms with Gasteiger partial charge in [-0.3, -0.25) is 9.89 Å². The first-order valence-corrected chi connectivity index (χ1v) is 6.95. The molecule has 4 N–H and O–H groups in total. The van der Waals surface area contributed by atoms with E-state index in [1.54, 1.807) is 6.33 Å². The summed E-state index contributed by atoms with van der Waals surface area (Å²) in [6, 6.07) is -0.700. The molecule has 7 nitrogen and oxygen atoms in total. The quantitative estimate of drug-likeness (QED) is 0.752. The summed E-state index contributed by atoms with van der Waals surface area (Å²) in [4.78, 5) is 16.3. The number of aromatic nitrogens is 4. The molecule has 21 heavy (non-hydrogen) atoms. The molecular weight excluding hydrogens is 268 g/mol. The Bertz CT molecular complexity index is 622. The third kappa shape index (κ3) is 3.13. The van der Waals surface area contributed by atoms with Crippen LogP contribution in [0.2, 0.25) is 0 Å². The lowest BCUT2D eigenvalue weighted by molar-refractivity contribution is -0.122. The molecule has 2 aromatic rings. The zero-order valence-electron chi connectivity index (χ0n) is 12.9. The van der Waals surface area contributed by atoms with E-state index in [2.05, 4.69) is 20.5 Å². The fourth-order valence-electron chi connectivity index (χ4n) is 2.33. The molecule has 2 aromatic heterocycles. The van der Waals surface area contributed by atoms with Crippen LogP contribution >= 0.6 is 0 Å². The maximum absolute atomic E-state index is 12.1. The smallest absolute Gasteiger partial charge is 0.241 e. The van der Waals surface area contributed by atoms with Gasteiger partial charge in [0.2, 0.25) is 5.91 Å². The fraction of sp³-hybridized carbons (Fsp3) is 0.500. The van der Waals surface area contributed by atoms with Crippen molar-refractivity contribution < 1.29 is 4.79 Å². The van der Waals surface area contributed by atoms with E-state index in [4.69, 9.17) is 5.73 Å². The second kappa shape index (κ2) is 6.09. The molecule has 0 aliphatic rings. The first kappa shape index (κ1) is 15.2. The van der Waals surface area contributed by atoms with Crippen molar-refractivity contribution in [2.24, 2.45) is 5.73 Å². The molecule has 0 aliphatic carbocycles. The lowest BCUT2D eigenvalue weighted by Crippen LogP contribution is -2.36. The van der Waals surface area contributed by atoms with Crippen LogP contribution in [0.1, 0.15) is 34.4 Å². The maximum atomic E-state index is 12.1. The van der Waals surface area contributed by atoms with E-state index in [0.717, 1.165) is 28.3 Å². The number of carbonyl (C=O) groups is 1. The maximum Gasteiger partial charge on any atom is 0.241 e. The van der Waals surface area contributed by atoms with Gasteiger partial charge in [-0.1, -0.05) is 0 Å². The van der Waals surface area contributed by atoms with Crippen LogP contribution in [0.5, 0.6) is 0 Å². The van der Waals surface area contributed by atoms with Crippen LogP contribution in [0.25, 0.3) is 0 Å². The Morgan fingerprint density at radius 1 is 1.38 bits per heavy atom. The van der Waals surface area contributed by atoms with Gasteiger partial charge in [0.15, 0.2) is 0 Å². The van der Waals surface area contributed by atoms with Crippen LogP contribution in [0.4, 0.5) is 0 Å². The van der Waals surface area contributed by atoms with Crippen molar-refractivity contribution in [2.75, 3.05) is 6.54 Å². The number of carbonyl (C=O) groups excluding carboxylic acids is 1. The number of nitrogens with one attached hydrogen (secondary N) is 2. The predicted octanol–water partition coefficient (Wildman–Crippen LogP) is 0.656. The molecular formula is C14H22N6O. The molecule has 0 spiro atoms. The Morgan fingerprint density at radius 3 is 2.62 bits per heavy atom. The number of imidazole rings is 1. The van der Waals surface area contributed by atoms with Crippen LogP contribution in [0.15, 0.2) is 6.33 Å². The first-order chi connectivity index (χ1) is 9.91. The third-order valence-corrected chi connectivity index (χ3v) is 3.78. The molecule has 2 heterocycles. The SMILES string of the molecule is Cc1n[nH]c(C)c1[C@@H](N)C(=O)NCCn1cnc(C)c1C. The Labute approximate surface area is 123 Å². The van der Waals surface area contributed by atoms with E-state index in [-0.39, 0.29) is 5.91 Å². The molecule has 1 atom stereocenters. The number of nitrogens with two attached hydrogens (primary N) is 1. The van der Waals surface area contributed by atoms with Crippen molar-refractivity contribution >= 4 is 5.91 Å². The minimum Gasteiger partial charge on any atom is -0.353 e. The van der Waals surface area contributed by atoms with Gasteiger partial charge in [0.1, 0.15) is 6.04 Å². The number of rotatable bonds is 5. The topological polar surface area (TPSA) is 102 Å². The second-order valence-corrected chi connectivity index (χ2v) is 5.23. The van der Waals surface area contributed by atoms with Gasteiger partial charge < -0.3 is 15.6 Å². The van der Waals surface area contributed by atoms with E-state index in [0.29, 0.717) is 13.1 Å². The molecule has 7 heteroatoms. The average molecular weight is 290 g/mol. The summed E-state index contributed by atoms with van der Waals surface area (Å²) in [5.41, 5.74) is 10.5. The van der Waals surface area contributed by atoms with Gasteiger partial charge in [0.25, 0.3) is 0 Å². The lowest BCUT2D eigenvalue weighted by atomic mass is 10.1. The number of nitrogens with zero attached hydrogens (tertiary/aromatic N) is 3. The second-order valence-electron chi connectivity index (χ2n) is 5.23. The van der Waals surface area contributed by atoms with Crippen molar-refractivity contribution in [3.63, 3.8) is 0 Å². The number of aromatic amines is 1. The molecule has 0 saturated carbocycles. The molecule has 0 saturated heterocycles. The normalized spacial score (nSPS) is 12.4. The van der Waals surface area contributed by atoms with Crippen molar-refractivity contribution in [1.29, 1.82) is 0 Å². The van der Waals surface area contributed by atoms with Gasteiger partial charge in [-0.25, -0.2) is 4.98 Å². The molecule has 1 amide bonds. The third-order valence-electron chi connectivity index (χ3n) is 3.78. The van der Waals surface area contributed by atoms with Crippen LogP contribution in [-0.4, -0.2) is 32.2 Å². The summed E-state index contributed by atoms with van der Waals surface area (Å²) < 4.78 is 2.01. The Balaban J connectivity index is 1.92. The lowest BCUT2D eigenvalue weighted by Gasteiger charge is -2.13. The Morgan fingerprint density at radius 2 is 2.10 bits per heavy atom. The summed E-state index contributed by atoms with van der Waals surface area (Å²) in [6.07, 6.45) is 1.78. The van der Waals surface area contributed by atoms with Crippen LogP contribution < -0.4 is 11.1 Å². The van der Waals surface area contributed by atoms with E-state index in [1.807, 2.05) is 32.3 Å². The summed E-state index contributed by atoms with van der Waals surface area (Å²) in [5, 5.41) is 9.76. The first-order valence-electron chi connectivity index (χ1n) is 6.95. The Hall–Kier alpha value is -2.15.